The number of carbonyl (C=O) groups is 1. The van der Waals surface area contributed by atoms with Gasteiger partial charge in [0.15, 0.2) is 0 Å². The van der Waals surface area contributed by atoms with Crippen LogP contribution in [-0.2, 0) is 34.6 Å². The number of esters is 1. The monoisotopic (exact) mass is 583 g/mol. The number of rotatable bonds is 8. The summed E-state index contributed by atoms with van der Waals surface area (Å²) >= 11 is 0. The van der Waals surface area contributed by atoms with E-state index in [1.807, 2.05) is 6.92 Å². The number of piperidine rings is 1. The molecule has 0 unspecified atom stereocenters. The number of hydrogen-bond acceptors (Lipinski definition) is 3. The Hall–Kier alpha value is -2.76. The molecule has 3 rings (SSSR count). The van der Waals surface area contributed by atoms with Gasteiger partial charge in [0, 0.05) is 25.0 Å². The van der Waals surface area contributed by atoms with Gasteiger partial charge >= 0.3 is 24.5 Å². The van der Waals surface area contributed by atoms with E-state index in [4.69, 9.17) is 4.74 Å². The number of nitrogens with zero attached hydrogens (tertiary/aromatic N) is 1. The minimum Gasteiger partial charge on any atom is -0.466 e. The van der Waals surface area contributed by atoms with Crippen LogP contribution in [0.1, 0.15) is 79.8 Å². The van der Waals surface area contributed by atoms with E-state index < -0.39 is 65.4 Å². The Balaban J connectivity index is 2.10. The van der Waals surface area contributed by atoms with Crippen molar-refractivity contribution in [1.82, 2.24) is 4.90 Å². The first-order chi connectivity index (χ1) is 18.5. The second kappa shape index (κ2) is 12.4. The van der Waals surface area contributed by atoms with Crippen molar-refractivity contribution < 1.29 is 49.0 Å². The van der Waals surface area contributed by atoms with Crippen LogP contribution >= 0.6 is 0 Å². The number of ether oxygens (including phenoxy) is 1. The quantitative estimate of drug-likeness (QED) is 0.230. The van der Waals surface area contributed by atoms with E-state index in [1.54, 1.807) is 11.8 Å². The molecule has 1 fully saturated rings. The summed E-state index contributed by atoms with van der Waals surface area (Å²) in [6.45, 7) is 3.11. The van der Waals surface area contributed by atoms with Crippen molar-refractivity contribution in [3.63, 3.8) is 0 Å². The number of benzene rings is 2. The number of hydrogen-bond donors (Lipinski definition) is 0. The molecule has 0 aromatic heterocycles. The van der Waals surface area contributed by atoms with Gasteiger partial charge in [-0.3, -0.25) is 9.69 Å². The van der Waals surface area contributed by atoms with Crippen LogP contribution in [-0.4, -0.2) is 23.5 Å². The Kier molecular flexibility index (Phi) is 9.85. The first kappa shape index (κ1) is 31.8. The fraction of sp³-hybridized carbons (Fsp3) is 0.536. The molecule has 40 heavy (non-hydrogen) atoms. The van der Waals surface area contributed by atoms with Gasteiger partial charge in [-0.05, 0) is 73.6 Å². The Morgan fingerprint density at radius 2 is 1.45 bits per heavy atom. The van der Waals surface area contributed by atoms with Crippen molar-refractivity contribution in [2.45, 2.75) is 83.1 Å². The lowest BCUT2D eigenvalue weighted by Gasteiger charge is -2.46. The van der Waals surface area contributed by atoms with Gasteiger partial charge in [0.05, 0.1) is 23.3 Å². The fourth-order valence-corrected chi connectivity index (χ4v) is 5.40. The van der Waals surface area contributed by atoms with Gasteiger partial charge < -0.3 is 4.74 Å². The Labute approximate surface area is 226 Å². The standard InChI is InChI=1S/C28H30F9NO2/c1-3-5-22-12-17(14-25(39)40-4-2)13-24(18-6-8-20(9-7-18)26(29,30)31)38(22)16-19-15-21(27(32,33)34)10-11-23(19)28(35,36)37/h6-11,15,17,22,24H,3-5,12-14,16H2,1-2H3/t17-,22+,24+/m1/s1. The molecule has 0 spiro atoms. The summed E-state index contributed by atoms with van der Waals surface area (Å²) in [6, 6.07) is 4.28. The van der Waals surface area contributed by atoms with Gasteiger partial charge in [-0.15, -0.1) is 0 Å². The summed E-state index contributed by atoms with van der Waals surface area (Å²) in [5.41, 5.74) is -3.57. The van der Waals surface area contributed by atoms with Gasteiger partial charge in [0.25, 0.3) is 0 Å². The second-order valence-corrected chi connectivity index (χ2v) is 9.96. The molecule has 0 radical (unpaired) electrons. The average molecular weight is 584 g/mol. The van der Waals surface area contributed by atoms with Gasteiger partial charge in [-0.2, -0.15) is 39.5 Å². The number of halogens is 9. The van der Waals surface area contributed by atoms with Crippen molar-refractivity contribution in [1.29, 1.82) is 0 Å². The van der Waals surface area contributed by atoms with E-state index in [-0.39, 0.29) is 25.4 Å². The van der Waals surface area contributed by atoms with Crippen molar-refractivity contribution in [2.75, 3.05) is 6.61 Å². The lowest BCUT2D eigenvalue weighted by atomic mass is 9.79. The SMILES string of the molecule is CCC[C@H]1C[C@@H](CC(=O)OCC)C[C@@H](c2ccc(C(F)(F)F)cc2)N1Cc1cc(C(F)(F)F)ccc1C(F)(F)F. The lowest BCUT2D eigenvalue weighted by Crippen LogP contribution is -2.45. The normalized spacial score (nSPS) is 20.9. The molecule has 12 heteroatoms. The summed E-state index contributed by atoms with van der Waals surface area (Å²) in [6.07, 6.45) is -12.8. The summed E-state index contributed by atoms with van der Waals surface area (Å²) in [5.74, 6) is -0.762. The molecule has 2 aromatic rings. The highest BCUT2D eigenvalue weighted by Gasteiger charge is 2.41. The fourth-order valence-electron chi connectivity index (χ4n) is 5.40. The third-order valence-corrected chi connectivity index (χ3v) is 7.13. The van der Waals surface area contributed by atoms with Crippen LogP contribution in [0.5, 0.6) is 0 Å². The first-order valence-electron chi connectivity index (χ1n) is 12.9. The highest BCUT2D eigenvalue weighted by atomic mass is 19.4. The van der Waals surface area contributed by atoms with Crippen LogP contribution in [0.3, 0.4) is 0 Å². The molecule has 0 N–H and O–H groups in total. The molecule has 0 aliphatic carbocycles. The molecule has 1 saturated heterocycles. The third-order valence-electron chi connectivity index (χ3n) is 7.13. The van der Waals surface area contributed by atoms with Crippen LogP contribution in [0.4, 0.5) is 39.5 Å². The highest BCUT2D eigenvalue weighted by molar-refractivity contribution is 5.69. The second-order valence-electron chi connectivity index (χ2n) is 9.96. The minimum atomic E-state index is -4.92. The molecule has 2 aromatic carbocycles. The van der Waals surface area contributed by atoms with Crippen molar-refractivity contribution >= 4 is 5.97 Å². The molecule has 1 aliphatic rings. The molecular formula is C28H30F9NO2. The Morgan fingerprint density at radius 3 is 1.98 bits per heavy atom. The number of likely N-dealkylation sites (tertiary alicyclic amines) is 1. The van der Waals surface area contributed by atoms with Gasteiger partial charge in [-0.25, -0.2) is 0 Å². The molecule has 0 amide bonds. The van der Waals surface area contributed by atoms with Crippen LogP contribution in [0.2, 0.25) is 0 Å². The first-order valence-corrected chi connectivity index (χ1v) is 12.9. The predicted molar refractivity (Wildman–Crippen MR) is 129 cm³/mol. The minimum absolute atomic E-state index is 0.0103. The molecular weight excluding hydrogens is 553 g/mol. The zero-order chi connectivity index (χ0) is 29.9. The van der Waals surface area contributed by atoms with E-state index in [0.29, 0.717) is 43.0 Å². The van der Waals surface area contributed by atoms with E-state index in [0.717, 1.165) is 12.1 Å². The van der Waals surface area contributed by atoms with E-state index >= 15 is 0 Å². The average Bonchev–Trinajstić information content (AvgIpc) is 2.84. The van der Waals surface area contributed by atoms with Gasteiger partial charge in [0.1, 0.15) is 0 Å². The molecule has 0 bridgehead atoms. The zero-order valence-electron chi connectivity index (χ0n) is 21.9. The predicted octanol–water partition coefficient (Wildman–Crippen LogP) is 8.82. The van der Waals surface area contributed by atoms with Crippen molar-refractivity contribution in [3.8, 4) is 0 Å². The maximum atomic E-state index is 13.9. The number of carbonyl (C=O) groups excluding carboxylic acids is 1. The highest BCUT2D eigenvalue weighted by Crippen LogP contribution is 2.44. The van der Waals surface area contributed by atoms with E-state index in [1.165, 1.54) is 12.1 Å². The van der Waals surface area contributed by atoms with Gasteiger partial charge in [-0.1, -0.05) is 25.5 Å². The van der Waals surface area contributed by atoms with Crippen LogP contribution in [0.25, 0.3) is 0 Å². The molecule has 1 aliphatic heterocycles. The molecule has 222 valence electrons. The zero-order valence-corrected chi connectivity index (χ0v) is 21.9. The summed E-state index contributed by atoms with van der Waals surface area (Å²) in [7, 11) is 0. The van der Waals surface area contributed by atoms with Crippen LogP contribution < -0.4 is 0 Å². The largest absolute Gasteiger partial charge is 0.466 e. The molecule has 1 heterocycles. The maximum absolute atomic E-state index is 13.9. The molecule has 3 atom stereocenters. The number of alkyl halides is 9. The molecule has 0 saturated carbocycles. The van der Waals surface area contributed by atoms with Crippen molar-refractivity contribution in [3.05, 3.63) is 70.3 Å². The third kappa shape index (κ3) is 7.92. The molecule has 3 nitrogen and oxygen atoms in total. The van der Waals surface area contributed by atoms with Crippen LogP contribution in [0.15, 0.2) is 42.5 Å². The summed E-state index contributed by atoms with van der Waals surface area (Å²) in [4.78, 5) is 13.9. The van der Waals surface area contributed by atoms with E-state index in [2.05, 4.69) is 0 Å². The van der Waals surface area contributed by atoms with Crippen LogP contribution in [0, 0.1) is 5.92 Å². The van der Waals surface area contributed by atoms with Gasteiger partial charge in [0.2, 0.25) is 0 Å². The van der Waals surface area contributed by atoms with Crippen molar-refractivity contribution in [2.24, 2.45) is 5.92 Å². The summed E-state index contributed by atoms with van der Waals surface area (Å²) in [5, 5.41) is 0. The van der Waals surface area contributed by atoms with E-state index in [9.17, 15) is 44.3 Å². The Morgan fingerprint density at radius 1 is 0.850 bits per heavy atom. The topological polar surface area (TPSA) is 29.5 Å². The lowest BCUT2D eigenvalue weighted by molar-refractivity contribution is -0.145. The smallest absolute Gasteiger partial charge is 0.416 e. The summed E-state index contributed by atoms with van der Waals surface area (Å²) < 4.78 is 127. The Bertz CT molecular complexity index is 1140. The maximum Gasteiger partial charge on any atom is 0.416 e.